The average Bonchev–Trinajstić information content (AvgIpc) is 3.36. The van der Waals surface area contributed by atoms with Crippen LogP contribution in [0, 0.1) is 0 Å². The number of unbranched alkanes of at least 4 members (excludes halogenated alkanes) is 1. The number of oxazole rings is 1. The number of amides is 2. The van der Waals surface area contributed by atoms with Crippen LogP contribution < -0.4 is 10.6 Å². The highest BCUT2D eigenvalue weighted by Gasteiger charge is 2.42. The van der Waals surface area contributed by atoms with Gasteiger partial charge in [-0.1, -0.05) is 31.5 Å². The number of benzene rings is 1. The van der Waals surface area contributed by atoms with Gasteiger partial charge in [-0.25, -0.2) is 9.97 Å². The Morgan fingerprint density at radius 3 is 2.46 bits per heavy atom. The van der Waals surface area contributed by atoms with Crippen molar-refractivity contribution in [1.29, 1.82) is 0 Å². The second-order valence-electron chi connectivity index (χ2n) is 8.85. The van der Waals surface area contributed by atoms with E-state index in [1.165, 1.54) is 18.3 Å². The summed E-state index contributed by atoms with van der Waals surface area (Å²) in [5.41, 5.74) is -0.321. The molecule has 4 rings (SSSR count). The Balaban J connectivity index is 1.37. The number of carbonyl (C=O) groups excluding carboxylic acids is 2. The fourth-order valence-corrected chi connectivity index (χ4v) is 4.08. The number of rotatable bonds is 8. The lowest BCUT2D eigenvalue weighted by atomic mass is 10.0. The molecule has 11 heteroatoms. The molecule has 1 aliphatic heterocycles. The Morgan fingerprint density at radius 2 is 1.84 bits per heavy atom. The standard InChI is InChI=1S/C26H28F3N5O3/c1-2-3-9-21(35)34-14-12-18(13-15-34)31-20-11-10-19(16-30-20)32-24(36)22-23(26(27,28)29)37-25(33-22)17-7-5-4-6-8-17/h4-8,10-11,16,18H,2-3,9,12-15H2,1H3,(H,30,31)(H,32,36). The summed E-state index contributed by atoms with van der Waals surface area (Å²) in [6.45, 7) is 3.42. The molecule has 0 unspecified atom stereocenters. The van der Waals surface area contributed by atoms with E-state index in [0.29, 0.717) is 30.9 Å². The molecule has 37 heavy (non-hydrogen) atoms. The zero-order chi connectivity index (χ0) is 26.4. The first-order valence-electron chi connectivity index (χ1n) is 12.2. The molecule has 196 valence electrons. The van der Waals surface area contributed by atoms with Gasteiger partial charge in [0.25, 0.3) is 5.91 Å². The molecule has 0 radical (unpaired) electrons. The van der Waals surface area contributed by atoms with E-state index < -0.39 is 23.5 Å². The Morgan fingerprint density at radius 1 is 1.11 bits per heavy atom. The third-order valence-corrected chi connectivity index (χ3v) is 6.09. The van der Waals surface area contributed by atoms with Crippen molar-refractivity contribution in [2.24, 2.45) is 0 Å². The first-order valence-corrected chi connectivity index (χ1v) is 12.2. The Bertz CT molecular complexity index is 1200. The third kappa shape index (κ3) is 6.66. The Labute approximate surface area is 212 Å². The summed E-state index contributed by atoms with van der Waals surface area (Å²) in [6.07, 6.45) is 0.497. The van der Waals surface area contributed by atoms with Gasteiger partial charge in [-0.2, -0.15) is 13.2 Å². The zero-order valence-electron chi connectivity index (χ0n) is 20.3. The number of nitrogens with zero attached hydrogens (tertiary/aromatic N) is 3. The van der Waals surface area contributed by atoms with Gasteiger partial charge in [0.15, 0.2) is 5.69 Å². The van der Waals surface area contributed by atoms with Crippen LogP contribution in [0.15, 0.2) is 53.1 Å². The van der Waals surface area contributed by atoms with E-state index in [4.69, 9.17) is 4.42 Å². The van der Waals surface area contributed by atoms with Crippen LogP contribution in [0.2, 0.25) is 0 Å². The minimum Gasteiger partial charge on any atom is -0.431 e. The van der Waals surface area contributed by atoms with Crippen molar-refractivity contribution in [3.05, 3.63) is 60.1 Å². The first-order chi connectivity index (χ1) is 17.7. The number of piperidine rings is 1. The smallest absolute Gasteiger partial charge is 0.431 e. The molecule has 0 atom stereocenters. The topological polar surface area (TPSA) is 100 Å². The fourth-order valence-electron chi connectivity index (χ4n) is 4.08. The van der Waals surface area contributed by atoms with E-state index in [1.54, 1.807) is 30.3 Å². The second kappa shape index (κ2) is 11.4. The second-order valence-corrected chi connectivity index (χ2v) is 8.85. The van der Waals surface area contributed by atoms with E-state index >= 15 is 0 Å². The van der Waals surface area contributed by atoms with E-state index in [0.717, 1.165) is 25.7 Å². The molecule has 2 N–H and O–H groups in total. The van der Waals surface area contributed by atoms with Crippen molar-refractivity contribution >= 4 is 23.3 Å². The quantitative estimate of drug-likeness (QED) is 0.405. The minimum absolute atomic E-state index is 0.143. The highest BCUT2D eigenvalue weighted by atomic mass is 19.4. The SMILES string of the molecule is CCCCC(=O)N1CCC(Nc2ccc(NC(=O)c3nc(-c4ccccc4)oc3C(F)(F)F)cn2)CC1. The predicted molar refractivity (Wildman–Crippen MR) is 132 cm³/mol. The number of likely N-dealkylation sites (tertiary alicyclic amines) is 1. The molecule has 3 aromatic rings. The van der Waals surface area contributed by atoms with Gasteiger partial charge in [0.1, 0.15) is 5.82 Å². The molecule has 2 aromatic heterocycles. The summed E-state index contributed by atoms with van der Waals surface area (Å²) < 4.78 is 45.5. The van der Waals surface area contributed by atoms with Crippen molar-refractivity contribution in [2.75, 3.05) is 23.7 Å². The monoisotopic (exact) mass is 515 g/mol. The van der Waals surface area contributed by atoms with Crippen LogP contribution in [0.1, 0.15) is 55.3 Å². The number of carbonyl (C=O) groups is 2. The summed E-state index contributed by atoms with van der Waals surface area (Å²) >= 11 is 0. The van der Waals surface area contributed by atoms with Crippen molar-refractivity contribution in [2.45, 2.75) is 51.2 Å². The van der Waals surface area contributed by atoms with Gasteiger partial charge in [0, 0.05) is 31.1 Å². The molecule has 8 nitrogen and oxygen atoms in total. The highest BCUT2D eigenvalue weighted by Crippen LogP contribution is 2.35. The maximum absolute atomic E-state index is 13.5. The molecule has 0 bridgehead atoms. The number of hydrogen-bond donors (Lipinski definition) is 2. The summed E-state index contributed by atoms with van der Waals surface area (Å²) in [6, 6.07) is 11.4. The number of aromatic nitrogens is 2. The molecule has 0 aliphatic carbocycles. The van der Waals surface area contributed by atoms with Crippen LogP contribution in [0.3, 0.4) is 0 Å². The Hall–Kier alpha value is -3.89. The summed E-state index contributed by atoms with van der Waals surface area (Å²) in [7, 11) is 0. The minimum atomic E-state index is -4.89. The van der Waals surface area contributed by atoms with Crippen molar-refractivity contribution in [1.82, 2.24) is 14.9 Å². The normalized spacial score (nSPS) is 14.4. The van der Waals surface area contributed by atoms with Gasteiger partial charge < -0.3 is 20.0 Å². The molecule has 1 saturated heterocycles. The number of halogens is 3. The van der Waals surface area contributed by atoms with Crippen molar-refractivity contribution < 1.29 is 27.2 Å². The number of hydrogen-bond acceptors (Lipinski definition) is 6. The van der Waals surface area contributed by atoms with Crippen LogP contribution in [-0.4, -0.2) is 45.8 Å². The highest BCUT2D eigenvalue weighted by molar-refractivity contribution is 6.04. The number of nitrogens with one attached hydrogen (secondary N) is 2. The fraction of sp³-hybridized carbons (Fsp3) is 0.385. The lowest BCUT2D eigenvalue weighted by molar-refractivity contribution is -0.153. The molecule has 2 amide bonds. The van der Waals surface area contributed by atoms with E-state index in [9.17, 15) is 22.8 Å². The molecular weight excluding hydrogens is 487 g/mol. The van der Waals surface area contributed by atoms with Gasteiger partial charge in [-0.15, -0.1) is 0 Å². The van der Waals surface area contributed by atoms with Gasteiger partial charge in [-0.3, -0.25) is 9.59 Å². The predicted octanol–water partition coefficient (Wildman–Crippen LogP) is 5.60. The van der Waals surface area contributed by atoms with Crippen LogP contribution in [0.4, 0.5) is 24.7 Å². The molecule has 0 saturated carbocycles. The van der Waals surface area contributed by atoms with Gasteiger partial charge in [0.2, 0.25) is 17.6 Å². The maximum atomic E-state index is 13.5. The number of pyridine rings is 1. The zero-order valence-corrected chi connectivity index (χ0v) is 20.3. The summed E-state index contributed by atoms with van der Waals surface area (Å²) in [5.74, 6) is -2.06. The Kier molecular flexibility index (Phi) is 8.10. The van der Waals surface area contributed by atoms with Crippen LogP contribution in [0.25, 0.3) is 11.5 Å². The first kappa shape index (κ1) is 26.2. The van der Waals surface area contributed by atoms with Crippen LogP contribution in [0.5, 0.6) is 0 Å². The van der Waals surface area contributed by atoms with E-state index in [2.05, 4.69) is 27.5 Å². The average molecular weight is 516 g/mol. The maximum Gasteiger partial charge on any atom is 0.452 e. The summed E-state index contributed by atoms with van der Waals surface area (Å²) in [4.78, 5) is 34.8. The molecular formula is C26H28F3N5O3. The van der Waals surface area contributed by atoms with Gasteiger partial charge in [-0.05, 0) is 43.5 Å². The third-order valence-electron chi connectivity index (χ3n) is 6.09. The van der Waals surface area contributed by atoms with Crippen LogP contribution in [-0.2, 0) is 11.0 Å². The largest absolute Gasteiger partial charge is 0.452 e. The summed E-state index contributed by atoms with van der Waals surface area (Å²) in [5, 5.41) is 5.71. The van der Waals surface area contributed by atoms with Gasteiger partial charge >= 0.3 is 6.18 Å². The van der Waals surface area contributed by atoms with Crippen LogP contribution >= 0.6 is 0 Å². The van der Waals surface area contributed by atoms with Crippen molar-refractivity contribution in [3.8, 4) is 11.5 Å². The molecule has 3 heterocycles. The van der Waals surface area contributed by atoms with E-state index in [-0.39, 0.29) is 23.5 Å². The van der Waals surface area contributed by atoms with E-state index in [1.807, 2.05) is 4.90 Å². The molecule has 0 spiro atoms. The molecule has 1 fully saturated rings. The molecule has 1 aromatic carbocycles. The molecule has 1 aliphatic rings. The lowest BCUT2D eigenvalue weighted by Gasteiger charge is -2.32. The lowest BCUT2D eigenvalue weighted by Crippen LogP contribution is -2.42. The number of alkyl halides is 3. The number of anilines is 2. The van der Waals surface area contributed by atoms with Crippen molar-refractivity contribution in [3.63, 3.8) is 0 Å². The van der Waals surface area contributed by atoms with Gasteiger partial charge in [0.05, 0.1) is 11.9 Å².